The average Bonchev–Trinajstić information content (AvgIpc) is 2.90. The SMILES string of the molecule is Cc1cnn(-c2ccccc2)c1NC(=O)Oc1ccccc1. The highest BCUT2D eigenvalue weighted by atomic mass is 16.6. The molecular weight excluding hydrogens is 278 g/mol. The molecule has 5 heteroatoms. The van der Waals surface area contributed by atoms with Crippen molar-refractivity contribution in [3.05, 3.63) is 72.4 Å². The van der Waals surface area contributed by atoms with Gasteiger partial charge in [0.2, 0.25) is 0 Å². The van der Waals surface area contributed by atoms with Gasteiger partial charge in [0.1, 0.15) is 11.6 Å². The Hall–Kier alpha value is -3.08. The first-order valence-electron chi connectivity index (χ1n) is 6.88. The van der Waals surface area contributed by atoms with Gasteiger partial charge in [-0.2, -0.15) is 5.10 Å². The Labute approximate surface area is 128 Å². The van der Waals surface area contributed by atoms with E-state index in [0.717, 1.165) is 11.3 Å². The predicted octanol–water partition coefficient (Wildman–Crippen LogP) is 3.79. The summed E-state index contributed by atoms with van der Waals surface area (Å²) >= 11 is 0. The number of benzene rings is 2. The zero-order chi connectivity index (χ0) is 15.4. The lowest BCUT2D eigenvalue weighted by atomic mass is 10.3. The summed E-state index contributed by atoms with van der Waals surface area (Å²) in [5.41, 5.74) is 1.72. The Bertz CT molecular complexity index is 767. The van der Waals surface area contributed by atoms with Crippen molar-refractivity contribution in [2.24, 2.45) is 0 Å². The van der Waals surface area contributed by atoms with E-state index >= 15 is 0 Å². The summed E-state index contributed by atoms with van der Waals surface area (Å²) in [5.74, 6) is 1.08. The smallest absolute Gasteiger partial charge is 0.410 e. The maximum atomic E-state index is 12.0. The second-order valence-electron chi connectivity index (χ2n) is 4.75. The lowest BCUT2D eigenvalue weighted by Gasteiger charge is -2.10. The number of hydrogen-bond donors (Lipinski definition) is 1. The molecule has 0 radical (unpaired) electrons. The number of amides is 1. The first kappa shape index (κ1) is 13.9. The van der Waals surface area contributed by atoms with Gasteiger partial charge in [-0.25, -0.2) is 9.48 Å². The van der Waals surface area contributed by atoms with Crippen molar-refractivity contribution in [3.8, 4) is 11.4 Å². The minimum Gasteiger partial charge on any atom is -0.410 e. The highest BCUT2D eigenvalue weighted by Crippen LogP contribution is 2.20. The van der Waals surface area contributed by atoms with Gasteiger partial charge >= 0.3 is 6.09 Å². The van der Waals surface area contributed by atoms with Crippen LogP contribution < -0.4 is 10.1 Å². The third-order valence-corrected chi connectivity index (χ3v) is 3.13. The molecule has 110 valence electrons. The summed E-state index contributed by atoms with van der Waals surface area (Å²) in [7, 11) is 0. The summed E-state index contributed by atoms with van der Waals surface area (Å²) in [6.45, 7) is 1.88. The topological polar surface area (TPSA) is 56.2 Å². The molecule has 5 nitrogen and oxygen atoms in total. The molecule has 22 heavy (non-hydrogen) atoms. The Morgan fingerprint density at radius 2 is 1.68 bits per heavy atom. The molecule has 0 atom stereocenters. The van der Waals surface area contributed by atoms with Crippen LogP contribution in [-0.2, 0) is 0 Å². The van der Waals surface area contributed by atoms with Gasteiger partial charge in [-0.15, -0.1) is 0 Å². The van der Waals surface area contributed by atoms with E-state index in [2.05, 4.69) is 10.4 Å². The van der Waals surface area contributed by atoms with Crippen molar-refractivity contribution >= 4 is 11.9 Å². The number of aromatic nitrogens is 2. The molecule has 3 aromatic rings. The lowest BCUT2D eigenvalue weighted by molar-refractivity contribution is 0.215. The van der Waals surface area contributed by atoms with E-state index in [1.807, 2.05) is 55.5 Å². The summed E-state index contributed by atoms with van der Waals surface area (Å²) in [4.78, 5) is 12.0. The quantitative estimate of drug-likeness (QED) is 0.799. The molecule has 0 saturated carbocycles. The first-order valence-corrected chi connectivity index (χ1v) is 6.88. The number of hydrogen-bond acceptors (Lipinski definition) is 3. The van der Waals surface area contributed by atoms with Crippen LogP contribution in [0.5, 0.6) is 5.75 Å². The molecule has 0 bridgehead atoms. The molecule has 1 heterocycles. The highest BCUT2D eigenvalue weighted by molar-refractivity contribution is 5.86. The zero-order valence-electron chi connectivity index (χ0n) is 12.1. The molecule has 0 unspecified atom stereocenters. The predicted molar refractivity (Wildman–Crippen MR) is 84.4 cm³/mol. The van der Waals surface area contributed by atoms with Crippen molar-refractivity contribution < 1.29 is 9.53 Å². The largest absolute Gasteiger partial charge is 0.418 e. The van der Waals surface area contributed by atoms with Gasteiger partial charge in [0.25, 0.3) is 0 Å². The fourth-order valence-corrected chi connectivity index (χ4v) is 2.06. The van der Waals surface area contributed by atoms with E-state index < -0.39 is 6.09 Å². The van der Waals surface area contributed by atoms with Crippen molar-refractivity contribution in [2.75, 3.05) is 5.32 Å². The molecule has 3 rings (SSSR count). The molecule has 2 aromatic carbocycles. The minimum absolute atomic E-state index is 0.489. The van der Waals surface area contributed by atoms with Crippen molar-refractivity contribution in [1.29, 1.82) is 0 Å². The zero-order valence-corrected chi connectivity index (χ0v) is 12.1. The number of aryl methyl sites for hydroxylation is 1. The number of carbonyl (C=O) groups excluding carboxylic acids is 1. The van der Waals surface area contributed by atoms with Crippen LogP contribution in [0.15, 0.2) is 66.9 Å². The molecule has 0 aliphatic heterocycles. The molecule has 0 saturated heterocycles. The van der Waals surface area contributed by atoms with Gasteiger partial charge in [-0.05, 0) is 31.2 Å². The monoisotopic (exact) mass is 293 g/mol. The third kappa shape index (κ3) is 2.98. The fourth-order valence-electron chi connectivity index (χ4n) is 2.06. The highest BCUT2D eigenvalue weighted by Gasteiger charge is 2.13. The standard InChI is InChI=1S/C17H15N3O2/c1-13-12-18-20(14-8-4-2-5-9-14)16(13)19-17(21)22-15-10-6-3-7-11-15/h2-12H,1H3,(H,19,21). The van der Waals surface area contributed by atoms with Crippen LogP contribution in [-0.4, -0.2) is 15.9 Å². The van der Waals surface area contributed by atoms with E-state index in [9.17, 15) is 4.79 Å². The Kier molecular flexibility index (Phi) is 3.87. The maximum absolute atomic E-state index is 12.0. The number of nitrogens with one attached hydrogen (secondary N) is 1. The molecule has 0 spiro atoms. The molecule has 0 aliphatic rings. The normalized spacial score (nSPS) is 10.2. The number of carbonyl (C=O) groups is 1. The van der Waals surface area contributed by atoms with Crippen molar-refractivity contribution in [3.63, 3.8) is 0 Å². The molecule has 1 amide bonds. The van der Waals surface area contributed by atoms with E-state index in [4.69, 9.17) is 4.74 Å². The summed E-state index contributed by atoms with van der Waals surface area (Å²) in [6.07, 6.45) is 1.15. The van der Waals surface area contributed by atoms with Gasteiger partial charge in [0.05, 0.1) is 11.9 Å². The summed E-state index contributed by atoms with van der Waals surface area (Å²) < 4.78 is 6.91. The van der Waals surface area contributed by atoms with Gasteiger partial charge in [0, 0.05) is 5.56 Å². The van der Waals surface area contributed by atoms with E-state index in [1.54, 1.807) is 23.0 Å². The van der Waals surface area contributed by atoms with Gasteiger partial charge in [-0.3, -0.25) is 5.32 Å². The van der Waals surface area contributed by atoms with Crippen molar-refractivity contribution in [2.45, 2.75) is 6.92 Å². The third-order valence-electron chi connectivity index (χ3n) is 3.13. The maximum Gasteiger partial charge on any atom is 0.418 e. The number of anilines is 1. The second-order valence-corrected chi connectivity index (χ2v) is 4.75. The average molecular weight is 293 g/mol. The van der Waals surface area contributed by atoms with Crippen LogP contribution >= 0.6 is 0 Å². The van der Waals surface area contributed by atoms with Gasteiger partial charge < -0.3 is 4.74 Å². The van der Waals surface area contributed by atoms with Crippen LogP contribution in [0.25, 0.3) is 5.69 Å². The van der Waals surface area contributed by atoms with E-state index in [0.29, 0.717) is 11.6 Å². The van der Waals surface area contributed by atoms with Crippen molar-refractivity contribution in [1.82, 2.24) is 9.78 Å². The van der Waals surface area contributed by atoms with E-state index in [-0.39, 0.29) is 0 Å². The molecule has 1 aromatic heterocycles. The minimum atomic E-state index is -0.549. The van der Waals surface area contributed by atoms with Crippen LogP contribution in [0.1, 0.15) is 5.56 Å². The Balaban J connectivity index is 1.81. The van der Waals surface area contributed by atoms with Gasteiger partial charge in [-0.1, -0.05) is 36.4 Å². The molecule has 0 fully saturated rings. The number of para-hydroxylation sites is 2. The summed E-state index contributed by atoms with van der Waals surface area (Å²) in [5, 5.41) is 7.04. The first-order chi connectivity index (χ1) is 10.7. The number of rotatable bonds is 3. The second kappa shape index (κ2) is 6.13. The van der Waals surface area contributed by atoms with Crippen LogP contribution in [0, 0.1) is 6.92 Å². The van der Waals surface area contributed by atoms with Crippen LogP contribution in [0.2, 0.25) is 0 Å². The molecule has 0 aliphatic carbocycles. The van der Waals surface area contributed by atoms with Crippen LogP contribution in [0.3, 0.4) is 0 Å². The Morgan fingerprint density at radius 3 is 2.36 bits per heavy atom. The molecular formula is C17H15N3O2. The Morgan fingerprint density at radius 1 is 1.05 bits per heavy atom. The fraction of sp³-hybridized carbons (Fsp3) is 0.0588. The number of ether oxygens (including phenoxy) is 1. The molecule has 1 N–H and O–H groups in total. The summed E-state index contributed by atoms with van der Waals surface area (Å²) in [6, 6.07) is 18.5. The lowest BCUT2D eigenvalue weighted by Crippen LogP contribution is -2.19. The number of nitrogens with zero attached hydrogens (tertiary/aromatic N) is 2. The van der Waals surface area contributed by atoms with Gasteiger partial charge in [0.15, 0.2) is 0 Å². The van der Waals surface area contributed by atoms with Crippen LogP contribution in [0.4, 0.5) is 10.6 Å². The van der Waals surface area contributed by atoms with E-state index in [1.165, 1.54) is 0 Å².